The van der Waals surface area contributed by atoms with Crippen molar-refractivity contribution in [2.45, 2.75) is 45.1 Å². The van der Waals surface area contributed by atoms with Gasteiger partial charge in [-0.15, -0.1) is 21.5 Å². The van der Waals surface area contributed by atoms with Crippen LogP contribution in [0.15, 0.2) is 17.5 Å². The molecule has 0 aromatic carbocycles. The van der Waals surface area contributed by atoms with E-state index in [1.54, 1.807) is 4.90 Å². The molecule has 1 fully saturated rings. The molecule has 7 heteroatoms. The molecule has 0 aliphatic carbocycles. The van der Waals surface area contributed by atoms with Crippen LogP contribution in [-0.2, 0) is 0 Å². The van der Waals surface area contributed by atoms with E-state index >= 15 is 0 Å². The molecule has 0 N–H and O–H groups in total. The molecule has 0 spiro atoms. The fourth-order valence-electron chi connectivity index (χ4n) is 2.74. The molecule has 1 aliphatic rings. The highest BCUT2D eigenvalue weighted by Crippen LogP contribution is 2.27. The standard InChI is InChI=1S/C16H19N3O2S2/c1-10(2)14-17-18-15(23-14)16(21)19-7-3-5-11(19)9-12(20)13-6-4-8-22-13/h4,6,8,10-11H,3,5,7,9H2,1-2H3/t11-/m1/s1. The minimum Gasteiger partial charge on any atom is -0.333 e. The Morgan fingerprint density at radius 3 is 2.87 bits per heavy atom. The minimum atomic E-state index is -0.0871. The van der Waals surface area contributed by atoms with Crippen molar-refractivity contribution >= 4 is 34.4 Å². The Hall–Kier alpha value is -1.60. The zero-order valence-corrected chi connectivity index (χ0v) is 14.8. The lowest BCUT2D eigenvalue weighted by Gasteiger charge is -2.22. The quantitative estimate of drug-likeness (QED) is 0.774. The second-order valence-electron chi connectivity index (χ2n) is 6.00. The lowest BCUT2D eigenvalue weighted by atomic mass is 10.1. The van der Waals surface area contributed by atoms with Crippen molar-refractivity contribution in [2.75, 3.05) is 6.54 Å². The number of Topliss-reactive ketones (excluding diaryl/α,β-unsaturated/α-hetero) is 1. The van der Waals surface area contributed by atoms with Crippen LogP contribution in [0, 0.1) is 0 Å². The van der Waals surface area contributed by atoms with E-state index in [-0.39, 0.29) is 23.7 Å². The highest BCUT2D eigenvalue weighted by Gasteiger charge is 2.33. The fourth-order valence-corrected chi connectivity index (χ4v) is 4.22. The molecule has 1 saturated heterocycles. The van der Waals surface area contributed by atoms with E-state index in [1.165, 1.54) is 22.7 Å². The number of nitrogens with zero attached hydrogens (tertiary/aromatic N) is 3. The van der Waals surface area contributed by atoms with E-state index in [9.17, 15) is 9.59 Å². The maximum Gasteiger partial charge on any atom is 0.285 e. The summed E-state index contributed by atoms with van der Waals surface area (Å²) in [5, 5.41) is 11.3. The molecular formula is C16H19N3O2S2. The summed E-state index contributed by atoms with van der Waals surface area (Å²) in [6.07, 6.45) is 2.20. The number of aromatic nitrogens is 2. The van der Waals surface area contributed by atoms with Crippen LogP contribution in [-0.4, -0.2) is 39.4 Å². The molecule has 0 bridgehead atoms. The molecular weight excluding hydrogens is 330 g/mol. The van der Waals surface area contributed by atoms with Gasteiger partial charge in [-0.25, -0.2) is 0 Å². The summed E-state index contributed by atoms with van der Waals surface area (Å²) in [6.45, 7) is 4.76. The first-order valence-corrected chi connectivity index (χ1v) is 9.47. The first-order valence-electron chi connectivity index (χ1n) is 7.77. The molecule has 3 heterocycles. The molecule has 0 saturated carbocycles. The topological polar surface area (TPSA) is 63.2 Å². The van der Waals surface area contributed by atoms with E-state index in [2.05, 4.69) is 10.2 Å². The minimum absolute atomic E-state index is 0.0245. The van der Waals surface area contributed by atoms with Crippen LogP contribution in [0.1, 0.15) is 63.5 Å². The third-order valence-electron chi connectivity index (χ3n) is 3.97. The molecule has 3 rings (SSSR count). The van der Waals surface area contributed by atoms with Gasteiger partial charge in [-0.3, -0.25) is 9.59 Å². The lowest BCUT2D eigenvalue weighted by molar-refractivity contribution is 0.0716. The van der Waals surface area contributed by atoms with Crippen molar-refractivity contribution in [2.24, 2.45) is 0 Å². The number of likely N-dealkylation sites (tertiary alicyclic amines) is 1. The van der Waals surface area contributed by atoms with E-state index in [0.29, 0.717) is 18.0 Å². The van der Waals surface area contributed by atoms with Crippen LogP contribution in [0.3, 0.4) is 0 Å². The van der Waals surface area contributed by atoms with Crippen LogP contribution in [0.5, 0.6) is 0 Å². The molecule has 0 radical (unpaired) electrons. The van der Waals surface area contributed by atoms with Gasteiger partial charge in [-0.1, -0.05) is 31.3 Å². The number of rotatable bonds is 5. The highest BCUT2D eigenvalue weighted by atomic mass is 32.1. The van der Waals surface area contributed by atoms with Crippen LogP contribution in [0.2, 0.25) is 0 Å². The van der Waals surface area contributed by atoms with Gasteiger partial charge >= 0.3 is 0 Å². The molecule has 1 atom stereocenters. The zero-order chi connectivity index (χ0) is 16.4. The monoisotopic (exact) mass is 349 g/mol. The first-order chi connectivity index (χ1) is 11.1. The van der Waals surface area contributed by atoms with Crippen LogP contribution in [0.25, 0.3) is 0 Å². The third-order valence-corrected chi connectivity index (χ3v) is 6.10. The predicted octanol–water partition coefficient (Wildman–Crippen LogP) is 3.60. The summed E-state index contributed by atoms with van der Waals surface area (Å²) in [6, 6.07) is 3.70. The molecule has 2 aromatic heterocycles. The van der Waals surface area contributed by atoms with Crippen LogP contribution in [0.4, 0.5) is 0 Å². The van der Waals surface area contributed by atoms with E-state index in [1.807, 2.05) is 31.4 Å². The second-order valence-corrected chi connectivity index (χ2v) is 7.96. The summed E-state index contributed by atoms with van der Waals surface area (Å²) in [5.41, 5.74) is 0. The fraction of sp³-hybridized carbons (Fsp3) is 0.500. The number of amides is 1. The summed E-state index contributed by atoms with van der Waals surface area (Å²) >= 11 is 2.81. The first kappa shape index (κ1) is 16.3. The molecule has 2 aromatic rings. The van der Waals surface area contributed by atoms with Crippen molar-refractivity contribution in [1.29, 1.82) is 0 Å². The summed E-state index contributed by atoms with van der Waals surface area (Å²) < 4.78 is 0. The number of carbonyl (C=O) groups excluding carboxylic acids is 2. The van der Waals surface area contributed by atoms with E-state index in [0.717, 1.165) is 22.7 Å². The Morgan fingerprint density at radius 1 is 1.39 bits per heavy atom. The van der Waals surface area contributed by atoms with Gasteiger partial charge in [0.25, 0.3) is 5.91 Å². The molecule has 23 heavy (non-hydrogen) atoms. The van der Waals surface area contributed by atoms with Crippen LogP contribution < -0.4 is 0 Å². The van der Waals surface area contributed by atoms with Gasteiger partial charge in [-0.2, -0.15) is 0 Å². The number of hydrogen-bond donors (Lipinski definition) is 0. The van der Waals surface area contributed by atoms with Crippen molar-refractivity contribution in [1.82, 2.24) is 15.1 Å². The zero-order valence-electron chi connectivity index (χ0n) is 13.2. The Bertz CT molecular complexity index is 694. The van der Waals surface area contributed by atoms with Crippen molar-refractivity contribution in [3.63, 3.8) is 0 Å². The van der Waals surface area contributed by atoms with Crippen LogP contribution >= 0.6 is 22.7 Å². The SMILES string of the molecule is CC(C)c1nnc(C(=O)N2CCC[C@@H]2CC(=O)c2cccs2)s1. The van der Waals surface area contributed by atoms with E-state index < -0.39 is 0 Å². The van der Waals surface area contributed by atoms with Gasteiger partial charge in [0, 0.05) is 24.9 Å². The predicted molar refractivity (Wildman–Crippen MR) is 91.3 cm³/mol. The van der Waals surface area contributed by atoms with Gasteiger partial charge in [0.05, 0.1) is 4.88 Å². The van der Waals surface area contributed by atoms with E-state index in [4.69, 9.17) is 0 Å². The molecule has 1 amide bonds. The maximum absolute atomic E-state index is 12.7. The maximum atomic E-state index is 12.7. The van der Waals surface area contributed by atoms with Gasteiger partial charge in [0.15, 0.2) is 5.78 Å². The Labute approximate surface area is 143 Å². The second kappa shape index (κ2) is 6.88. The summed E-state index contributed by atoms with van der Waals surface area (Å²) in [4.78, 5) is 27.6. The molecule has 122 valence electrons. The largest absolute Gasteiger partial charge is 0.333 e. The van der Waals surface area contributed by atoms with Gasteiger partial charge in [-0.05, 0) is 24.3 Å². The molecule has 1 aliphatic heterocycles. The number of carbonyl (C=O) groups is 2. The Kier molecular flexibility index (Phi) is 4.87. The molecule has 0 unspecified atom stereocenters. The lowest BCUT2D eigenvalue weighted by Crippen LogP contribution is -2.36. The summed E-state index contributed by atoms with van der Waals surface area (Å²) in [5.74, 6) is 0.296. The van der Waals surface area contributed by atoms with Crippen molar-refractivity contribution in [3.8, 4) is 0 Å². The third kappa shape index (κ3) is 3.50. The Balaban J connectivity index is 1.70. The van der Waals surface area contributed by atoms with Crippen molar-refractivity contribution < 1.29 is 9.59 Å². The average molecular weight is 349 g/mol. The molecule has 5 nitrogen and oxygen atoms in total. The van der Waals surface area contributed by atoms with Gasteiger partial charge in [0.1, 0.15) is 5.01 Å². The number of ketones is 1. The van der Waals surface area contributed by atoms with Gasteiger partial charge < -0.3 is 4.90 Å². The van der Waals surface area contributed by atoms with Crippen molar-refractivity contribution in [3.05, 3.63) is 32.4 Å². The normalized spacial score (nSPS) is 17.9. The van der Waals surface area contributed by atoms with Gasteiger partial charge in [0.2, 0.25) is 5.01 Å². The Morgan fingerprint density at radius 2 is 2.22 bits per heavy atom. The number of thiophene rings is 1. The highest BCUT2D eigenvalue weighted by molar-refractivity contribution is 7.13. The average Bonchev–Trinajstić information content (AvgIpc) is 3.27. The number of hydrogen-bond acceptors (Lipinski definition) is 6. The summed E-state index contributed by atoms with van der Waals surface area (Å²) in [7, 11) is 0. The smallest absolute Gasteiger partial charge is 0.285 e.